The fourth-order valence-corrected chi connectivity index (χ4v) is 3.92. The summed E-state index contributed by atoms with van der Waals surface area (Å²) in [7, 11) is 0. The second-order valence-corrected chi connectivity index (χ2v) is 7.20. The molecule has 2 amide bonds. The van der Waals surface area contributed by atoms with E-state index in [4.69, 9.17) is 0 Å². The van der Waals surface area contributed by atoms with Crippen LogP contribution in [0.25, 0.3) is 0 Å². The molecule has 2 aromatic carbocycles. The van der Waals surface area contributed by atoms with Crippen molar-refractivity contribution in [1.82, 2.24) is 0 Å². The van der Waals surface area contributed by atoms with Crippen LogP contribution in [0.2, 0.25) is 0 Å². The maximum absolute atomic E-state index is 12.6. The summed E-state index contributed by atoms with van der Waals surface area (Å²) in [6.07, 6.45) is 0.682. The molecule has 0 atom stereocenters. The van der Waals surface area contributed by atoms with Gasteiger partial charge in [0.15, 0.2) is 0 Å². The van der Waals surface area contributed by atoms with E-state index in [1.807, 2.05) is 17.5 Å². The van der Waals surface area contributed by atoms with Gasteiger partial charge < -0.3 is 10.2 Å². The number of carbonyl (C=O) groups is 2. The minimum atomic E-state index is -0.578. The topological polar surface area (TPSA) is 92.6 Å². The molecule has 0 unspecified atom stereocenters. The Labute approximate surface area is 164 Å². The highest BCUT2D eigenvalue weighted by molar-refractivity contribution is 7.12. The first-order valence-electron chi connectivity index (χ1n) is 8.57. The van der Waals surface area contributed by atoms with Crippen LogP contribution < -0.4 is 10.2 Å². The summed E-state index contributed by atoms with van der Waals surface area (Å²) in [5.74, 6) is -0.581. The molecule has 0 radical (unpaired) electrons. The number of hydrogen-bond donors (Lipinski definition) is 1. The van der Waals surface area contributed by atoms with E-state index in [1.165, 1.54) is 29.5 Å². The average Bonchev–Trinajstić information content (AvgIpc) is 3.37. The molecule has 2 heterocycles. The van der Waals surface area contributed by atoms with Crippen LogP contribution in [-0.4, -0.2) is 23.3 Å². The second kappa shape index (κ2) is 7.24. The predicted molar refractivity (Wildman–Crippen MR) is 107 cm³/mol. The van der Waals surface area contributed by atoms with Crippen LogP contribution in [0.1, 0.15) is 25.6 Å². The van der Waals surface area contributed by atoms with Gasteiger partial charge in [0.2, 0.25) is 0 Å². The van der Waals surface area contributed by atoms with Crippen molar-refractivity contribution in [2.24, 2.45) is 0 Å². The number of rotatable bonds is 4. The standard InChI is InChI=1S/C20H15N3O4S/c24-19(15-4-1-2-5-17(15)23(26)27)21-14-7-8-16-13(12-14)9-10-22(16)20(25)18-6-3-11-28-18/h1-8,11-12H,9-10H2,(H,21,24). The van der Waals surface area contributed by atoms with E-state index in [9.17, 15) is 19.7 Å². The van der Waals surface area contributed by atoms with Gasteiger partial charge in [-0.05, 0) is 47.7 Å². The number of anilines is 2. The lowest BCUT2D eigenvalue weighted by atomic mass is 10.1. The number of benzene rings is 2. The molecule has 4 rings (SSSR count). The zero-order valence-corrected chi connectivity index (χ0v) is 15.4. The maximum atomic E-state index is 12.6. The third kappa shape index (κ3) is 3.25. The number of nitrogens with zero attached hydrogens (tertiary/aromatic N) is 2. The lowest BCUT2D eigenvalue weighted by molar-refractivity contribution is -0.385. The first kappa shape index (κ1) is 17.9. The van der Waals surface area contributed by atoms with E-state index in [-0.39, 0.29) is 17.2 Å². The summed E-state index contributed by atoms with van der Waals surface area (Å²) in [5.41, 5.74) is 2.07. The third-order valence-corrected chi connectivity index (χ3v) is 5.41. The fourth-order valence-electron chi connectivity index (χ4n) is 3.25. The molecule has 0 saturated heterocycles. The number of para-hydroxylation sites is 1. The normalized spacial score (nSPS) is 12.5. The van der Waals surface area contributed by atoms with Gasteiger partial charge in [-0.2, -0.15) is 0 Å². The predicted octanol–water partition coefficient (Wildman–Crippen LogP) is 4.11. The van der Waals surface area contributed by atoms with Crippen molar-refractivity contribution in [3.05, 3.63) is 86.1 Å². The minimum absolute atomic E-state index is 0.00231. The van der Waals surface area contributed by atoms with Crippen molar-refractivity contribution >= 4 is 40.2 Å². The number of nitro benzene ring substituents is 1. The van der Waals surface area contributed by atoms with E-state index >= 15 is 0 Å². The Kier molecular flexibility index (Phi) is 4.62. The Hall–Kier alpha value is -3.52. The molecular formula is C20H15N3O4S. The summed E-state index contributed by atoms with van der Waals surface area (Å²) < 4.78 is 0. The highest BCUT2D eigenvalue weighted by Gasteiger charge is 2.27. The number of amides is 2. The van der Waals surface area contributed by atoms with Crippen LogP contribution in [0.4, 0.5) is 17.1 Å². The first-order chi connectivity index (χ1) is 13.5. The van der Waals surface area contributed by atoms with Gasteiger partial charge >= 0.3 is 0 Å². The summed E-state index contributed by atoms with van der Waals surface area (Å²) in [6.45, 7) is 0.577. The molecule has 3 aromatic rings. The Morgan fingerprint density at radius 2 is 1.93 bits per heavy atom. The maximum Gasteiger partial charge on any atom is 0.282 e. The molecule has 0 fully saturated rings. The van der Waals surface area contributed by atoms with Crippen LogP contribution >= 0.6 is 11.3 Å². The number of nitrogens with one attached hydrogen (secondary N) is 1. The van der Waals surface area contributed by atoms with Gasteiger partial charge in [0, 0.05) is 24.0 Å². The first-order valence-corrected chi connectivity index (χ1v) is 9.45. The molecule has 1 N–H and O–H groups in total. The molecule has 1 aromatic heterocycles. The van der Waals surface area contributed by atoms with Crippen LogP contribution in [0.3, 0.4) is 0 Å². The monoisotopic (exact) mass is 393 g/mol. The SMILES string of the molecule is O=C(Nc1ccc2c(c1)CCN2C(=O)c1cccs1)c1ccccc1[N+](=O)[O-]. The summed E-state index contributed by atoms with van der Waals surface area (Å²) in [4.78, 5) is 38.1. The highest BCUT2D eigenvalue weighted by Crippen LogP contribution is 2.32. The number of nitro groups is 1. The average molecular weight is 393 g/mol. The molecule has 140 valence electrons. The van der Waals surface area contributed by atoms with Crippen molar-refractivity contribution in [1.29, 1.82) is 0 Å². The van der Waals surface area contributed by atoms with E-state index in [2.05, 4.69) is 5.32 Å². The number of hydrogen-bond acceptors (Lipinski definition) is 5. The van der Waals surface area contributed by atoms with Crippen LogP contribution in [0.15, 0.2) is 60.0 Å². The van der Waals surface area contributed by atoms with Crippen molar-refractivity contribution in [2.75, 3.05) is 16.8 Å². The zero-order valence-electron chi connectivity index (χ0n) is 14.6. The molecule has 7 nitrogen and oxygen atoms in total. The molecule has 0 aliphatic carbocycles. The van der Waals surface area contributed by atoms with Crippen molar-refractivity contribution < 1.29 is 14.5 Å². The van der Waals surface area contributed by atoms with Gasteiger partial charge in [0.1, 0.15) is 5.56 Å². The van der Waals surface area contributed by atoms with Crippen LogP contribution in [0, 0.1) is 10.1 Å². The van der Waals surface area contributed by atoms with E-state index < -0.39 is 10.8 Å². The Balaban J connectivity index is 1.55. The van der Waals surface area contributed by atoms with E-state index in [1.54, 1.807) is 29.2 Å². The molecule has 0 spiro atoms. The zero-order chi connectivity index (χ0) is 19.7. The van der Waals surface area contributed by atoms with Gasteiger partial charge in [-0.15, -0.1) is 11.3 Å². The summed E-state index contributed by atoms with van der Waals surface area (Å²) >= 11 is 1.40. The smallest absolute Gasteiger partial charge is 0.282 e. The van der Waals surface area contributed by atoms with Gasteiger partial charge in [0.25, 0.3) is 17.5 Å². The van der Waals surface area contributed by atoms with Crippen LogP contribution in [0.5, 0.6) is 0 Å². The lowest BCUT2D eigenvalue weighted by Gasteiger charge is -2.16. The van der Waals surface area contributed by atoms with E-state index in [0.717, 1.165) is 11.3 Å². The lowest BCUT2D eigenvalue weighted by Crippen LogP contribution is -2.28. The van der Waals surface area contributed by atoms with E-state index in [0.29, 0.717) is 23.5 Å². The molecular weight excluding hydrogens is 378 g/mol. The van der Waals surface area contributed by atoms with Crippen molar-refractivity contribution in [3.8, 4) is 0 Å². The Bertz CT molecular complexity index is 1080. The molecule has 0 bridgehead atoms. The summed E-state index contributed by atoms with van der Waals surface area (Å²) in [6, 6.07) is 14.8. The highest BCUT2D eigenvalue weighted by atomic mass is 32.1. The second-order valence-electron chi connectivity index (χ2n) is 6.26. The molecule has 8 heteroatoms. The van der Waals surface area contributed by atoms with Crippen molar-refractivity contribution in [2.45, 2.75) is 6.42 Å². The quantitative estimate of drug-likeness (QED) is 0.533. The largest absolute Gasteiger partial charge is 0.322 e. The van der Waals surface area contributed by atoms with Gasteiger partial charge in [-0.3, -0.25) is 19.7 Å². The third-order valence-electron chi connectivity index (χ3n) is 4.56. The van der Waals surface area contributed by atoms with Crippen LogP contribution in [-0.2, 0) is 6.42 Å². The Morgan fingerprint density at radius 3 is 2.68 bits per heavy atom. The number of carbonyl (C=O) groups excluding carboxylic acids is 2. The molecule has 1 aliphatic heterocycles. The van der Waals surface area contributed by atoms with Gasteiger partial charge in [-0.1, -0.05) is 18.2 Å². The molecule has 28 heavy (non-hydrogen) atoms. The fraction of sp³-hybridized carbons (Fsp3) is 0.100. The summed E-state index contributed by atoms with van der Waals surface area (Å²) in [5, 5.41) is 15.7. The van der Waals surface area contributed by atoms with Crippen molar-refractivity contribution in [3.63, 3.8) is 0 Å². The number of fused-ring (bicyclic) bond motifs is 1. The minimum Gasteiger partial charge on any atom is -0.322 e. The van der Waals surface area contributed by atoms with Gasteiger partial charge in [-0.25, -0.2) is 0 Å². The Morgan fingerprint density at radius 1 is 1.11 bits per heavy atom. The molecule has 0 saturated carbocycles. The van der Waals surface area contributed by atoms with Gasteiger partial charge in [0.05, 0.1) is 9.80 Å². The number of thiophene rings is 1. The molecule has 1 aliphatic rings.